The number of aromatic nitrogens is 2. The highest BCUT2D eigenvalue weighted by atomic mass is 16.6. The van der Waals surface area contributed by atoms with E-state index in [-0.39, 0.29) is 18.3 Å². The third-order valence-electron chi connectivity index (χ3n) is 4.40. The molecule has 2 rings (SSSR count). The molecule has 126 valence electrons. The molecule has 0 radical (unpaired) electrons. The summed E-state index contributed by atoms with van der Waals surface area (Å²) in [6, 6.07) is 0. The quantitative estimate of drug-likeness (QED) is 0.620. The van der Waals surface area contributed by atoms with Gasteiger partial charge in [-0.1, -0.05) is 12.8 Å². The average molecular weight is 324 g/mol. The predicted molar refractivity (Wildman–Crippen MR) is 79.8 cm³/mol. The van der Waals surface area contributed by atoms with Gasteiger partial charge < -0.3 is 20.5 Å². The number of aliphatic carboxylic acids is 1. The van der Waals surface area contributed by atoms with Gasteiger partial charge in [0.25, 0.3) is 0 Å². The minimum atomic E-state index is -0.915. The van der Waals surface area contributed by atoms with Gasteiger partial charge >= 0.3 is 11.8 Å². The van der Waals surface area contributed by atoms with Crippen molar-refractivity contribution in [2.24, 2.45) is 5.92 Å². The van der Waals surface area contributed by atoms with Gasteiger partial charge in [0, 0.05) is 6.92 Å². The molecule has 0 aromatic carbocycles. The molecule has 9 heteroatoms. The molecule has 0 spiro atoms. The molecule has 2 N–H and O–H groups in total. The van der Waals surface area contributed by atoms with Crippen LogP contribution in [0.3, 0.4) is 0 Å². The number of carboxylic acid groups (broad SMARTS) is 1. The highest BCUT2D eigenvalue weighted by molar-refractivity contribution is 5.79. The number of hydrogen-bond donors (Lipinski definition) is 2. The van der Waals surface area contributed by atoms with Gasteiger partial charge in [0.05, 0.1) is 11.5 Å². The molecule has 0 bridgehead atoms. The fourth-order valence-corrected chi connectivity index (χ4v) is 3.13. The molecule has 2 atom stereocenters. The average Bonchev–Trinajstić information content (AvgIpc) is 2.79. The molecule has 23 heavy (non-hydrogen) atoms. The summed E-state index contributed by atoms with van der Waals surface area (Å²) >= 11 is 0. The molecule has 1 amide bonds. The maximum atomic E-state index is 12.3. The van der Waals surface area contributed by atoms with E-state index >= 15 is 0 Å². The van der Waals surface area contributed by atoms with Crippen molar-refractivity contribution >= 4 is 17.7 Å². The Labute approximate surface area is 132 Å². The molecule has 1 heterocycles. The molecular weight excluding hydrogens is 304 g/mol. The summed E-state index contributed by atoms with van der Waals surface area (Å²) in [6.07, 6.45) is 4.01. The number of rotatable bonds is 5. The number of carbonyl (C=O) groups is 2. The minimum absolute atomic E-state index is 0.130. The lowest BCUT2D eigenvalue weighted by Crippen LogP contribution is -2.56. The van der Waals surface area contributed by atoms with Gasteiger partial charge in [-0.25, -0.2) is 0 Å². The number of hydrogen-bond acceptors (Lipinski definition) is 5. The van der Waals surface area contributed by atoms with E-state index in [4.69, 9.17) is 0 Å². The van der Waals surface area contributed by atoms with Crippen LogP contribution in [0, 0.1) is 23.0 Å². The van der Waals surface area contributed by atoms with Gasteiger partial charge in [0.2, 0.25) is 11.7 Å². The SMILES string of the molecule is Cc1nc([N+](=O)[O-])cn1CC(=O)NC1(C)CCCCC1C(=O)O. The first kappa shape index (κ1) is 16.9. The summed E-state index contributed by atoms with van der Waals surface area (Å²) in [4.78, 5) is 37.5. The van der Waals surface area contributed by atoms with E-state index in [0.717, 1.165) is 12.8 Å². The van der Waals surface area contributed by atoms with Crippen molar-refractivity contribution in [1.29, 1.82) is 0 Å². The maximum Gasteiger partial charge on any atom is 0.381 e. The number of imidazole rings is 1. The van der Waals surface area contributed by atoms with Crippen LogP contribution < -0.4 is 5.32 Å². The molecule has 1 aliphatic rings. The lowest BCUT2D eigenvalue weighted by molar-refractivity contribution is -0.389. The van der Waals surface area contributed by atoms with Crippen LogP contribution in [0.4, 0.5) is 5.82 Å². The maximum absolute atomic E-state index is 12.3. The number of aryl methyl sites for hydroxylation is 1. The fourth-order valence-electron chi connectivity index (χ4n) is 3.13. The highest BCUT2D eigenvalue weighted by Crippen LogP contribution is 2.33. The smallest absolute Gasteiger partial charge is 0.381 e. The number of amides is 1. The number of nitrogens with one attached hydrogen (secondary N) is 1. The van der Waals surface area contributed by atoms with Gasteiger partial charge in [0.15, 0.2) is 0 Å². The van der Waals surface area contributed by atoms with Crippen molar-refractivity contribution < 1.29 is 19.6 Å². The minimum Gasteiger partial charge on any atom is -0.481 e. The lowest BCUT2D eigenvalue weighted by atomic mass is 9.74. The van der Waals surface area contributed by atoms with Crippen LogP contribution in [0.1, 0.15) is 38.4 Å². The molecule has 1 aromatic heterocycles. The molecule has 2 unspecified atom stereocenters. The Morgan fingerprint density at radius 1 is 1.57 bits per heavy atom. The van der Waals surface area contributed by atoms with Crippen LogP contribution in [0.5, 0.6) is 0 Å². The van der Waals surface area contributed by atoms with Gasteiger partial charge in [-0.2, -0.15) is 0 Å². The van der Waals surface area contributed by atoms with Crippen LogP contribution in [-0.4, -0.2) is 37.0 Å². The molecule has 0 saturated heterocycles. The van der Waals surface area contributed by atoms with Crippen LogP contribution in [0.15, 0.2) is 6.20 Å². The van der Waals surface area contributed by atoms with E-state index < -0.39 is 22.3 Å². The molecule has 1 fully saturated rings. The monoisotopic (exact) mass is 324 g/mol. The number of nitro groups is 1. The van der Waals surface area contributed by atoms with Crippen LogP contribution in [-0.2, 0) is 16.1 Å². The Morgan fingerprint density at radius 2 is 2.26 bits per heavy atom. The van der Waals surface area contributed by atoms with E-state index in [0.29, 0.717) is 18.7 Å². The lowest BCUT2D eigenvalue weighted by Gasteiger charge is -2.39. The van der Waals surface area contributed by atoms with Gasteiger partial charge in [-0.15, -0.1) is 0 Å². The number of carboxylic acids is 1. The number of nitrogens with zero attached hydrogens (tertiary/aromatic N) is 3. The summed E-state index contributed by atoms with van der Waals surface area (Å²) < 4.78 is 1.38. The van der Waals surface area contributed by atoms with Crippen molar-refractivity contribution in [3.05, 3.63) is 22.1 Å². The standard InChI is InChI=1S/C14H20N4O5/c1-9-15-11(18(22)23)7-17(9)8-12(19)16-14(2)6-4-3-5-10(14)13(20)21/h7,10H,3-6,8H2,1-2H3,(H,16,19)(H,20,21). The first-order valence-electron chi connectivity index (χ1n) is 7.45. The second kappa shape index (κ2) is 6.35. The fraction of sp³-hybridized carbons (Fsp3) is 0.643. The topological polar surface area (TPSA) is 127 Å². The molecule has 1 aliphatic carbocycles. The van der Waals surface area contributed by atoms with Gasteiger partial charge in [0.1, 0.15) is 12.7 Å². The van der Waals surface area contributed by atoms with Crippen molar-refractivity contribution in [3.63, 3.8) is 0 Å². The molecule has 0 aliphatic heterocycles. The van der Waals surface area contributed by atoms with Gasteiger partial charge in [-0.3, -0.25) is 14.2 Å². The van der Waals surface area contributed by atoms with E-state index in [1.807, 2.05) is 0 Å². The van der Waals surface area contributed by atoms with Crippen molar-refractivity contribution in [3.8, 4) is 0 Å². The van der Waals surface area contributed by atoms with Crippen LogP contribution in [0.25, 0.3) is 0 Å². The molecule has 1 aromatic rings. The van der Waals surface area contributed by atoms with Gasteiger partial charge in [-0.05, 0) is 29.7 Å². The summed E-state index contributed by atoms with van der Waals surface area (Å²) in [5.74, 6) is -1.88. The zero-order chi connectivity index (χ0) is 17.2. The first-order chi connectivity index (χ1) is 10.7. The van der Waals surface area contributed by atoms with E-state index in [1.165, 1.54) is 10.8 Å². The second-order valence-electron chi connectivity index (χ2n) is 6.13. The second-order valence-corrected chi connectivity index (χ2v) is 6.13. The predicted octanol–water partition coefficient (Wildman–Crippen LogP) is 1.25. The van der Waals surface area contributed by atoms with Crippen LogP contribution >= 0.6 is 0 Å². The third kappa shape index (κ3) is 3.66. The van der Waals surface area contributed by atoms with Crippen molar-refractivity contribution in [2.45, 2.75) is 51.6 Å². The van der Waals surface area contributed by atoms with E-state index in [9.17, 15) is 24.8 Å². The number of carbonyl (C=O) groups excluding carboxylic acids is 1. The largest absolute Gasteiger partial charge is 0.481 e. The molecule has 9 nitrogen and oxygen atoms in total. The first-order valence-corrected chi connectivity index (χ1v) is 7.45. The summed E-state index contributed by atoms with van der Waals surface area (Å²) in [5.41, 5.74) is -0.804. The van der Waals surface area contributed by atoms with E-state index in [2.05, 4.69) is 10.3 Å². The summed E-state index contributed by atoms with van der Waals surface area (Å²) in [6.45, 7) is 3.18. The van der Waals surface area contributed by atoms with Crippen molar-refractivity contribution in [1.82, 2.24) is 14.9 Å². The Morgan fingerprint density at radius 3 is 2.83 bits per heavy atom. The molecular formula is C14H20N4O5. The third-order valence-corrected chi connectivity index (χ3v) is 4.40. The Balaban J connectivity index is 2.09. The summed E-state index contributed by atoms with van der Waals surface area (Å²) in [5, 5.41) is 22.8. The zero-order valence-corrected chi connectivity index (χ0v) is 13.1. The Hall–Kier alpha value is -2.45. The van der Waals surface area contributed by atoms with Crippen LogP contribution in [0.2, 0.25) is 0 Å². The Bertz CT molecular complexity index is 641. The van der Waals surface area contributed by atoms with Crippen molar-refractivity contribution in [2.75, 3.05) is 0 Å². The Kier molecular flexibility index (Phi) is 4.67. The van der Waals surface area contributed by atoms with E-state index in [1.54, 1.807) is 13.8 Å². The highest BCUT2D eigenvalue weighted by Gasteiger charge is 2.42. The summed E-state index contributed by atoms with van der Waals surface area (Å²) in [7, 11) is 0. The normalized spacial score (nSPS) is 24.2. The molecule has 1 saturated carbocycles. The zero-order valence-electron chi connectivity index (χ0n) is 13.1.